The molecule has 27 heavy (non-hydrogen) atoms. The van der Waals surface area contributed by atoms with Crippen LogP contribution in [-0.2, 0) is 6.42 Å². The molecule has 7 heteroatoms. The molecule has 2 heterocycles. The molecular weight excluding hydrogens is 380 g/mol. The first-order valence-corrected chi connectivity index (χ1v) is 9.77. The summed E-state index contributed by atoms with van der Waals surface area (Å²) in [4.78, 5) is 17.3. The van der Waals surface area contributed by atoms with Crippen molar-refractivity contribution in [3.63, 3.8) is 0 Å². The van der Waals surface area contributed by atoms with Crippen LogP contribution in [0.4, 0.5) is 5.13 Å². The summed E-state index contributed by atoms with van der Waals surface area (Å²) in [5, 5.41) is 8.11. The van der Waals surface area contributed by atoms with Gasteiger partial charge in [0.2, 0.25) is 0 Å². The third-order valence-corrected chi connectivity index (χ3v) is 5.60. The molecule has 0 atom stereocenters. The number of halogens is 1. The van der Waals surface area contributed by atoms with Crippen molar-refractivity contribution in [3.8, 4) is 5.69 Å². The molecule has 0 aliphatic heterocycles. The molecule has 0 saturated heterocycles. The molecule has 0 saturated carbocycles. The van der Waals surface area contributed by atoms with Crippen LogP contribution in [0.5, 0.6) is 0 Å². The number of fused-ring (bicyclic) bond motifs is 1. The molecule has 0 unspecified atom stereocenters. The van der Waals surface area contributed by atoms with Crippen LogP contribution in [0.1, 0.15) is 28.5 Å². The number of anilines is 1. The highest BCUT2D eigenvalue weighted by Gasteiger charge is 2.22. The van der Waals surface area contributed by atoms with Gasteiger partial charge in [0.1, 0.15) is 10.7 Å². The fourth-order valence-electron chi connectivity index (χ4n) is 2.90. The number of benzene rings is 2. The predicted molar refractivity (Wildman–Crippen MR) is 110 cm³/mol. The average Bonchev–Trinajstić information content (AvgIpc) is 3.21. The van der Waals surface area contributed by atoms with E-state index in [0.29, 0.717) is 16.4 Å². The summed E-state index contributed by atoms with van der Waals surface area (Å²) >= 11 is 7.92. The number of aryl methyl sites for hydroxylation is 2. The zero-order valence-electron chi connectivity index (χ0n) is 14.9. The largest absolute Gasteiger partial charge is 0.298 e. The summed E-state index contributed by atoms with van der Waals surface area (Å²) in [6, 6.07) is 15.6. The molecule has 0 spiro atoms. The summed E-state index contributed by atoms with van der Waals surface area (Å²) in [7, 11) is 0. The molecule has 1 N–H and O–H groups in total. The Morgan fingerprint density at radius 1 is 1.22 bits per heavy atom. The second-order valence-electron chi connectivity index (χ2n) is 6.13. The van der Waals surface area contributed by atoms with E-state index in [1.807, 2.05) is 36.4 Å². The maximum absolute atomic E-state index is 12.8. The summed E-state index contributed by atoms with van der Waals surface area (Å²) < 4.78 is 2.62. The molecule has 0 aliphatic rings. The van der Waals surface area contributed by atoms with Crippen LogP contribution >= 0.6 is 22.9 Å². The highest BCUT2D eigenvalue weighted by atomic mass is 35.5. The standard InChI is InChI=1S/C20H17ClN4OS/c1-3-13-9-10-15-16(11-13)27-20(22-15)23-19(26)17-12(2)24-25(18(17)21)14-7-5-4-6-8-14/h4-11H,3H2,1-2H3,(H,22,23,26). The third-order valence-electron chi connectivity index (χ3n) is 4.31. The van der Waals surface area contributed by atoms with Crippen molar-refractivity contribution in [2.24, 2.45) is 0 Å². The Kier molecular flexibility index (Phi) is 4.68. The smallest absolute Gasteiger partial charge is 0.262 e. The van der Waals surface area contributed by atoms with Crippen LogP contribution in [0.25, 0.3) is 15.9 Å². The number of amides is 1. The van der Waals surface area contributed by atoms with E-state index in [-0.39, 0.29) is 11.1 Å². The maximum atomic E-state index is 12.8. The summed E-state index contributed by atoms with van der Waals surface area (Å²) in [5.74, 6) is -0.311. The first-order chi connectivity index (χ1) is 13.1. The van der Waals surface area contributed by atoms with Crippen molar-refractivity contribution < 1.29 is 4.79 Å². The second-order valence-corrected chi connectivity index (χ2v) is 7.52. The zero-order chi connectivity index (χ0) is 19.0. The molecule has 0 fully saturated rings. The van der Waals surface area contributed by atoms with Gasteiger partial charge in [-0.2, -0.15) is 5.10 Å². The third kappa shape index (κ3) is 3.34. The van der Waals surface area contributed by atoms with Crippen LogP contribution < -0.4 is 5.32 Å². The normalized spacial score (nSPS) is 11.1. The number of carbonyl (C=O) groups excluding carboxylic acids is 1. The quantitative estimate of drug-likeness (QED) is 0.512. The lowest BCUT2D eigenvalue weighted by Gasteiger charge is -2.03. The Bertz CT molecular complexity index is 1130. The SMILES string of the molecule is CCc1ccc2nc(NC(=O)c3c(C)nn(-c4ccccc4)c3Cl)sc2c1. The van der Waals surface area contributed by atoms with Gasteiger partial charge in [-0.3, -0.25) is 10.1 Å². The average molecular weight is 397 g/mol. The molecule has 4 aromatic rings. The molecule has 4 rings (SSSR count). The van der Waals surface area contributed by atoms with Gasteiger partial charge in [-0.05, 0) is 43.2 Å². The second kappa shape index (κ2) is 7.13. The molecular formula is C20H17ClN4OS. The molecule has 0 aliphatic carbocycles. The van der Waals surface area contributed by atoms with E-state index in [9.17, 15) is 4.79 Å². The Hall–Kier alpha value is -2.70. The number of aromatic nitrogens is 3. The number of para-hydroxylation sites is 1. The van der Waals surface area contributed by atoms with E-state index < -0.39 is 0 Å². The van der Waals surface area contributed by atoms with E-state index in [1.165, 1.54) is 16.9 Å². The number of thiazole rings is 1. The highest BCUT2D eigenvalue weighted by Crippen LogP contribution is 2.29. The first-order valence-electron chi connectivity index (χ1n) is 8.58. The first kappa shape index (κ1) is 17.7. The van der Waals surface area contributed by atoms with Gasteiger partial charge >= 0.3 is 0 Å². The summed E-state index contributed by atoms with van der Waals surface area (Å²) in [6.45, 7) is 3.88. The lowest BCUT2D eigenvalue weighted by atomic mass is 10.2. The Balaban J connectivity index is 1.65. The number of nitrogens with zero attached hydrogens (tertiary/aromatic N) is 3. The minimum atomic E-state index is -0.311. The van der Waals surface area contributed by atoms with E-state index in [2.05, 4.69) is 34.5 Å². The minimum Gasteiger partial charge on any atom is -0.298 e. The maximum Gasteiger partial charge on any atom is 0.262 e. The van der Waals surface area contributed by atoms with Crippen LogP contribution in [0.15, 0.2) is 48.5 Å². The molecule has 0 bridgehead atoms. The number of hydrogen-bond acceptors (Lipinski definition) is 4. The molecule has 5 nitrogen and oxygen atoms in total. The van der Waals surface area contributed by atoms with Gasteiger partial charge in [-0.15, -0.1) is 0 Å². The topological polar surface area (TPSA) is 59.8 Å². The Morgan fingerprint density at radius 3 is 2.74 bits per heavy atom. The van der Waals surface area contributed by atoms with Crippen molar-refractivity contribution in [3.05, 3.63) is 70.5 Å². The van der Waals surface area contributed by atoms with Crippen molar-refractivity contribution in [2.75, 3.05) is 5.32 Å². The highest BCUT2D eigenvalue weighted by molar-refractivity contribution is 7.22. The number of carbonyl (C=O) groups is 1. The molecule has 2 aromatic heterocycles. The fourth-order valence-corrected chi connectivity index (χ4v) is 4.18. The van der Waals surface area contributed by atoms with Crippen molar-refractivity contribution in [1.29, 1.82) is 0 Å². The van der Waals surface area contributed by atoms with Crippen molar-refractivity contribution in [2.45, 2.75) is 20.3 Å². The Labute approximate surface area is 165 Å². The van der Waals surface area contributed by atoms with Gasteiger partial charge in [0.25, 0.3) is 5.91 Å². The van der Waals surface area contributed by atoms with Gasteiger partial charge in [-0.25, -0.2) is 9.67 Å². The zero-order valence-corrected chi connectivity index (χ0v) is 16.4. The van der Waals surface area contributed by atoms with Gasteiger partial charge in [-0.1, -0.05) is 54.1 Å². The van der Waals surface area contributed by atoms with Crippen molar-refractivity contribution in [1.82, 2.24) is 14.8 Å². The number of hydrogen-bond donors (Lipinski definition) is 1. The molecule has 0 radical (unpaired) electrons. The van der Waals surface area contributed by atoms with Crippen molar-refractivity contribution >= 4 is 44.2 Å². The molecule has 136 valence electrons. The number of rotatable bonds is 4. The summed E-state index contributed by atoms with van der Waals surface area (Å²) in [5.41, 5.74) is 3.84. The van der Waals surface area contributed by atoms with Crippen LogP contribution in [0.3, 0.4) is 0 Å². The van der Waals surface area contributed by atoms with E-state index in [1.54, 1.807) is 11.6 Å². The summed E-state index contributed by atoms with van der Waals surface area (Å²) in [6.07, 6.45) is 0.961. The predicted octanol–water partition coefficient (Wildman–Crippen LogP) is 5.26. The van der Waals surface area contributed by atoms with E-state index in [0.717, 1.165) is 22.3 Å². The van der Waals surface area contributed by atoms with Gasteiger partial charge < -0.3 is 0 Å². The van der Waals surface area contributed by atoms with Gasteiger partial charge in [0.05, 0.1) is 21.6 Å². The lowest BCUT2D eigenvalue weighted by Crippen LogP contribution is -2.12. The van der Waals surface area contributed by atoms with Crippen LogP contribution in [-0.4, -0.2) is 20.7 Å². The minimum absolute atomic E-state index is 0.283. The fraction of sp³-hybridized carbons (Fsp3) is 0.150. The van der Waals surface area contributed by atoms with E-state index in [4.69, 9.17) is 11.6 Å². The van der Waals surface area contributed by atoms with Crippen LogP contribution in [0.2, 0.25) is 5.15 Å². The van der Waals surface area contributed by atoms with Crippen LogP contribution in [0, 0.1) is 6.92 Å². The van der Waals surface area contributed by atoms with Gasteiger partial charge in [0.15, 0.2) is 5.13 Å². The lowest BCUT2D eigenvalue weighted by molar-refractivity contribution is 0.102. The number of nitrogens with one attached hydrogen (secondary N) is 1. The van der Waals surface area contributed by atoms with E-state index >= 15 is 0 Å². The van der Waals surface area contributed by atoms with Gasteiger partial charge in [0, 0.05) is 0 Å². The monoisotopic (exact) mass is 396 g/mol. The molecule has 1 amide bonds. The molecule has 2 aromatic carbocycles. The Morgan fingerprint density at radius 2 is 2.00 bits per heavy atom.